The molecular formula is C21H23FN6O3. The number of benzene rings is 2. The van der Waals surface area contributed by atoms with Crippen molar-refractivity contribution in [3.63, 3.8) is 0 Å². The van der Waals surface area contributed by atoms with Crippen LogP contribution in [0.25, 0.3) is 5.69 Å². The maximum Gasteiger partial charge on any atom is 0.251 e. The van der Waals surface area contributed by atoms with Crippen LogP contribution in [-0.2, 0) is 4.79 Å². The monoisotopic (exact) mass is 426 g/mol. The number of aromatic nitrogens is 4. The highest BCUT2D eigenvalue weighted by atomic mass is 19.1. The molecule has 2 amide bonds. The van der Waals surface area contributed by atoms with E-state index in [1.54, 1.807) is 31.2 Å². The van der Waals surface area contributed by atoms with Crippen molar-refractivity contribution in [2.24, 2.45) is 5.92 Å². The van der Waals surface area contributed by atoms with Crippen molar-refractivity contribution in [2.75, 3.05) is 12.4 Å². The van der Waals surface area contributed by atoms with Crippen LogP contribution >= 0.6 is 0 Å². The van der Waals surface area contributed by atoms with Crippen LogP contribution in [-0.4, -0.2) is 45.2 Å². The molecule has 1 aromatic heterocycles. The van der Waals surface area contributed by atoms with E-state index in [2.05, 4.69) is 26.2 Å². The Labute approximate surface area is 178 Å². The maximum atomic E-state index is 14.3. The first-order valence-electron chi connectivity index (χ1n) is 9.61. The summed E-state index contributed by atoms with van der Waals surface area (Å²) >= 11 is 0. The number of carbonyl (C=O) groups is 2. The van der Waals surface area contributed by atoms with Crippen LogP contribution in [0.5, 0.6) is 5.75 Å². The highest BCUT2D eigenvalue weighted by Gasteiger charge is 2.25. The van der Waals surface area contributed by atoms with Gasteiger partial charge in [0.05, 0.1) is 7.11 Å². The molecule has 9 nitrogen and oxygen atoms in total. The molecule has 1 atom stereocenters. The van der Waals surface area contributed by atoms with E-state index < -0.39 is 17.8 Å². The summed E-state index contributed by atoms with van der Waals surface area (Å²) in [7, 11) is 1.54. The molecule has 31 heavy (non-hydrogen) atoms. The van der Waals surface area contributed by atoms with Gasteiger partial charge in [0.1, 0.15) is 23.3 Å². The summed E-state index contributed by atoms with van der Waals surface area (Å²) in [6.45, 7) is 5.27. The van der Waals surface area contributed by atoms with Crippen molar-refractivity contribution in [2.45, 2.75) is 26.8 Å². The Bertz CT molecular complexity index is 1080. The third-order valence-corrected chi connectivity index (χ3v) is 4.66. The lowest BCUT2D eigenvalue weighted by atomic mass is 10.0. The van der Waals surface area contributed by atoms with E-state index in [0.29, 0.717) is 22.8 Å². The number of hydrogen-bond donors (Lipinski definition) is 2. The molecule has 0 saturated carbocycles. The summed E-state index contributed by atoms with van der Waals surface area (Å²) in [5.41, 5.74) is 0.849. The summed E-state index contributed by atoms with van der Waals surface area (Å²) in [6, 6.07) is 9.83. The first-order valence-corrected chi connectivity index (χ1v) is 9.61. The van der Waals surface area contributed by atoms with Crippen LogP contribution in [0.2, 0.25) is 0 Å². The normalized spacial score (nSPS) is 11.8. The molecule has 0 bridgehead atoms. The Morgan fingerprint density at radius 2 is 1.84 bits per heavy atom. The summed E-state index contributed by atoms with van der Waals surface area (Å²) in [5.74, 6) is -0.525. The van der Waals surface area contributed by atoms with Crippen LogP contribution in [0.15, 0.2) is 42.5 Å². The Morgan fingerprint density at radius 1 is 1.13 bits per heavy atom. The zero-order valence-corrected chi connectivity index (χ0v) is 17.6. The van der Waals surface area contributed by atoms with Gasteiger partial charge < -0.3 is 15.4 Å². The Kier molecular flexibility index (Phi) is 6.58. The topological polar surface area (TPSA) is 111 Å². The summed E-state index contributed by atoms with van der Waals surface area (Å²) in [6.07, 6.45) is 0. The smallest absolute Gasteiger partial charge is 0.251 e. The highest BCUT2D eigenvalue weighted by Crippen LogP contribution is 2.20. The molecule has 162 valence electrons. The van der Waals surface area contributed by atoms with Crippen molar-refractivity contribution < 1.29 is 18.7 Å². The number of amides is 2. The average Bonchev–Trinajstić information content (AvgIpc) is 3.18. The molecular weight excluding hydrogens is 403 g/mol. The quantitative estimate of drug-likeness (QED) is 0.601. The molecule has 0 aliphatic carbocycles. The fourth-order valence-electron chi connectivity index (χ4n) is 2.93. The lowest BCUT2D eigenvalue weighted by Crippen LogP contribution is -2.47. The van der Waals surface area contributed by atoms with E-state index in [0.717, 1.165) is 0 Å². The summed E-state index contributed by atoms with van der Waals surface area (Å²) in [5, 5.41) is 16.5. The maximum absolute atomic E-state index is 14.3. The van der Waals surface area contributed by atoms with Gasteiger partial charge in [0, 0.05) is 11.3 Å². The largest absolute Gasteiger partial charge is 0.497 e. The molecule has 2 aromatic carbocycles. The minimum atomic E-state index is -0.808. The van der Waals surface area contributed by atoms with E-state index in [4.69, 9.17) is 4.74 Å². The number of nitrogens with one attached hydrogen (secondary N) is 2. The van der Waals surface area contributed by atoms with Crippen LogP contribution in [0.1, 0.15) is 30.0 Å². The fourth-order valence-corrected chi connectivity index (χ4v) is 2.93. The van der Waals surface area contributed by atoms with E-state index in [1.807, 2.05) is 13.8 Å². The van der Waals surface area contributed by atoms with Gasteiger partial charge in [0.15, 0.2) is 5.82 Å². The molecule has 2 N–H and O–H groups in total. The molecule has 0 radical (unpaired) electrons. The van der Waals surface area contributed by atoms with Gasteiger partial charge in [-0.2, -0.15) is 4.68 Å². The summed E-state index contributed by atoms with van der Waals surface area (Å²) in [4.78, 5) is 25.5. The minimum Gasteiger partial charge on any atom is -0.497 e. The number of methoxy groups -OCH3 is 1. The number of anilines is 1. The van der Waals surface area contributed by atoms with Crippen LogP contribution < -0.4 is 15.4 Å². The van der Waals surface area contributed by atoms with E-state index in [-0.39, 0.29) is 17.5 Å². The predicted molar refractivity (Wildman–Crippen MR) is 112 cm³/mol. The van der Waals surface area contributed by atoms with E-state index in [9.17, 15) is 14.0 Å². The van der Waals surface area contributed by atoms with Crippen LogP contribution in [0, 0.1) is 18.7 Å². The van der Waals surface area contributed by atoms with E-state index in [1.165, 1.54) is 30.0 Å². The van der Waals surface area contributed by atoms with Crippen molar-refractivity contribution in [3.8, 4) is 11.4 Å². The number of nitrogens with zero attached hydrogens (tertiary/aromatic N) is 4. The number of ether oxygens (including phenoxy) is 1. The number of rotatable bonds is 7. The van der Waals surface area contributed by atoms with Gasteiger partial charge in [-0.3, -0.25) is 9.59 Å². The number of tetrazole rings is 1. The molecule has 3 aromatic rings. The summed E-state index contributed by atoms with van der Waals surface area (Å²) < 4.78 is 20.6. The van der Waals surface area contributed by atoms with Crippen LogP contribution in [0.4, 0.5) is 10.1 Å². The third kappa shape index (κ3) is 5.03. The van der Waals surface area contributed by atoms with Gasteiger partial charge in [0.25, 0.3) is 5.91 Å². The number of carbonyl (C=O) groups excluding carboxylic acids is 2. The molecule has 0 fully saturated rings. The number of halogens is 1. The molecule has 3 rings (SSSR count). The molecule has 10 heteroatoms. The SMILES string of the molecule is COc1ccc(C(=O)NC(C(=O)Nc2ccc(F)c(-n3nnnc3C)c2)C(C)C)cc1. The standard InChI is InChI=1S/C21H23FN6O3/c1-12(2)19(24-20(29)14-5-8-16(31-4)9-6-14)21(30)23-15-7-10-17(22)18(11-15)28-13(3)25-26-27-28/h5-12,19H,1-4H3,(H,23,30)(H,24,29). The molecule has 0 spiro atoms. The zero-order valence-electron chi connectivity index (χ0n) is 17.6. The van der Waals surface area contributed by atoms with Crippen molar-refractivity contribution in [3.05, 3.63) is 59.7 Å². The Balaban J connectivity index is 1.76. The number of aryl methyl sites for hydroxylation is 1. The molecule has 0 saturated heterocycles. The predicted octanol–water partition coefficient (Wildman–Crippen LogP) is 2.51. The van der Waals surface area contributed by atoms with Gasteiger partial charge in [-0.15, -0.1) is 5.10 Å². The van der Waals surface area contributed by atoms with Gasteiger partial charge in [0.2, 0.25) is 5.91 Å². The lowest BCUT2D eigenvalue weighted by Gasteiger charge is -2.22. The fraction of sp³-hybridized carbons (Fsp3) is 0.286. The van der Waals surface area contributed by atoms with Gasteiger partial charge in [-0.05, 0) is 65.7 Å². The first-order chi connectivity index (χ1) is 14.8. The van der Waals surface area contributed by atoms with Gasteiger partial charge in [-0.1, -0.05) is 13.8 Å². The molecule has 0 aliphatic rings. The number of hydrogen-bond acceptors (Lipinski definition) is 6. The third-order valence-electron chi connectivity index (χ3n) is 4.66. The zero-order chi connectivity index (χ0) is 22.5. The van der Waals surface area contributed by atoms with Crippen molar-refractivity contribution >= 4 is 17.5 Å². The lowest BCUT2D eigenvalue weighted by molar-refractivity contribution is -0.118. The average molecular weight is 426 g/mol. The second kappa shape index (κ2) is 9.33. The van der Waals surface area contributed by atoms with Crippen molar-refractivity contribution in [1.29, 1.82) is 0 Å². The van der Waals surface area contributed by atoms with E-state index >= 15 is 0 Å². The second-order valence-electron chi connectivity index (χ2n) is 7.22. The Morgan fingerprint density at radius 3 is 2.42 bits per heavy atom. The highest BCUT2D eigenvalue weighted by molar-refractivity contribution is 6.01. The first kappa shape index (κ1) is 21.9. The van der Waals surface area contributed by atoms with Gasteiger partial charge in [-0.25, -0.2) is 4.39 Å². The van der Waals surface area contributed by atoms with Gasteiger partial charge >= 0.3 is 0 Å². The molecule has 0 aliphatic heterocycles. The molecule has 1 heterocycles. The second-order valence-corrected chi connectivity index (χ2v) is 7.22. The Hall–Kier alpha value is -3.82. The van der Waals surface area contributed by atoms with Crippen molar-refractivity contribution in [1.82, 2.24) is 25.5 Å². The minimum absolute atomic E-state index is 0.101. The van der Waals surface area contributed by atoms with Crippen LogP contribution in [0.3, 0.4) is 0 Å². The molecule has 1 unspecified atom stereocenters.